The number of carbonyl (C=O) groups is 1. The van der Waals surface area contributed by atoms with E-state index in [-0.39, 0.29) is 24.0 Å². The van der Waals surface area contributed by atoms with Crippen LogP contribution >= 0.6 is 0 Å². The number of benzene rings is 2. The first-order chi connectivity index (χ1) is 13.8. The molecule has 0 fully saturated rings. The van der Waals surface area contributed by atoms with Gasteiger partial charge in [0.1, 0.15) is 18.4 Å². The summed E-state index contributed by atoms with van der Waals surface area (Å²) < 4.78 is 7.40. The van der Waals surface area contributed by atoms with Crippen molar-refractivity contribution in [3.63, 3.8) is 0 Å². The lowest BCUT2D eigenvalue weighted by atomic mass is 9.87. The number of hydrogen-bond acceptors (Lipinski definition) is 4. The smallest absolute Gasteiger partial charge is 0.260 e. The molecule has 1 amide bonds. The van der Waals surface area contributed by atoms with E-state index in [2.05, 4.69) is 30.9 Å². The molecule has 0 unspecified atom stereocenters. The van der Waals surface area contributed by atoms with Gasteiger partial charge in [-0.2, -0.15) is 5.10 Å². The SMILES string of the molecule is C[C@@H](c1ccc(-n2cncn2)cc1)N(C)C(=O)COc1ccc(C(C)(C)C)cc1. The first-order valence-electron chi connectivity index (χ1n) is 9.69. The second-order valence-electron chi connectivity index (χ2n) is 8.18. The van der Waals surface area contributed by atoms with E-state index in [1.54, 1.807) is 23.0 Å². The Hall–Kier alpha value is -3.15. The number of likely N-dealkylation sites (N-methyl/N-ethyl adjacent to an activating group) is 1. The van der Waals surface area contributed by atoms with Gasteiger partial charge >= 0.3 is 0 Å². The Morgan fingerprint density at radius 3 is 2.31 bits per heavy atom. The van der Waals surface area contributed by atoms with Crippen molar-refractivity contribution in [2.45, 2.75) is 39.2 Å². The molecule has 0 aliphatic rings. The Balaban J connectivity index is 1.58. The van der Waals surface area contributed by atoms with E-state index in [1.165, 1.54) is 11.9 Å². The van der Waals surface area contributed by atoms with Gasteiger partial charge in [-0.1, -0.05) is 45.0 Å². The molecule has 0 spiro atoms. The average Bonchev–Trinajstić information content (AvgIpc) is 3.25. The van der Waals surface area contributed by atoms with E-state index in [0.717, 1.165) is 11.3 Å². The van der Waals surface area contributed by atoms with Gasteiger partial charge in [0.15, 0.2) is 6.61 Å². The van der Waals surface area contributed by atoms with Gasteiger partial charge in [-0.3, -0.25) is 4.79 Å². The Morgan fingerprint density at radius 2 is 1.76 bits per heavy atom. The fourth-order valence-electron chi connectivity index (χ4n) is 2.98. The molecule has 3 rings (SSSR count). The van der Waals surface area contributed by atoms with Crippen LogP contribution in [0.15, 0.2) is 61.2 Å². The molecule has 2 aromatic carbocycles. The predicted molar refractivity (Wildman–Crippen MR) is 113 cm³/mol. The number of ether oxygens (including phenoxy) is 1. The second-order valence-corrected chi connectivity index (χ2v) is 8.18. The lowest BCUT2D eigenvalue weighted by molar-refractivity contribution is -0.134. The minimum atomic E-state index is -0.0715. The molecule has 6 heteroatoms. The van der Waals surface area contributed by atoms with E-state index in [1.807, 2.05) is 55.5 Å². The average molecular weight is 393 g/mol. The van der Waals surface area contributed by atoms with Gasteiger partial charge in [0.2, 0.25) is 0 Å². The molecule has 0 aliphatic carbocycles. The molecule has 0 aliphatic heterocycles. The summed E-state index contributed by atoms with van der Waals surface area (Å²) in [7, 11) is 1.80. The van der Waals surface area contributed by atoms with Gasteiger partial charge in [-0.25, -0.2) is 9.67 Å². The summed E-state index contributed by atoms with van der Waals surface area (Å²) in [6.45, 7) is 8.51. The summed E-state index contributed by atoms with van der Waals surface area (Å²) >= 11 is 0. The molecule has 29 heavy (non-hydrogen) atoms. The quantitative estimate of drug-likeness (QED) is 0.632. The Bertz CT molecular complexity index is 927. The summed E-state index contributed by atoms with van der Waals surface area (Å²) in [4.78, 5) is 18.2. The second kappa shape index (κ2) is 8.47. The van der Waals surface area contributed by atoms with Gasteiger partial charge in [0.05, 0.1) is 11.7 Å². The van der Waals surface area contributed by atoms with E-state index < -0.39 is 0 Å². The normalized spacial score (nSPS) is 12.4. The fraction of sp³-hybridized carbons (Fsp3) is 0.348. The maximum atomic E-state index is 12.6. The van der Waals surface area contributed by atoms with Gasteiger partial charge in [-0.15, -0.1) is 0 Å². The topological polar surface area (TPSA) is 60.2 Å². The van der Waals surface area contributed by atoms with Crippen LogP contribution in [0.25, 0.3) is 5.69 Å². The van der Waals surface area contributed by atoms with Crippen molar-refractivity contribution in [3.8, 4) is 11.4 Å². The third kappa shape index (κ3) is 5.02. The van der Waals surface area contributed by atoms with Crippen molar-refractivity contribution in [1.82, 2.24) is 19.7 Å². The van der Waals surface area contributed by atoms with Crippen LogP contribution in [0.4, 0.5) is 0 Å². The lowest BCUT2D eigenvalue weighted by Crippen LogP contribution is -2.33. The van der Waals surface area contributed by atoms with Crippen LogP contribution in [-0.2, 0) is 10.2 Å². The molecule has 0 saturated heterocycles. The van der Waals surface area contributed by atoms with Crippen LogP contribution in [0.5, 0.6) is 5.75 Å². The minimum Gasteiger partial charge on any atom is -0.484 e. The molecule has 0 bridgehead atoms. The zero-order chi connectivity index (χ0) is 21.0. The molecule has 0 radical (unpaired) electrons. The van der Waals surface area contributed by atoms with Crippen molar-refractivity contribution in [2.24, 2.45) is 0 Å². The fourth-order valence-corrected chi connectivity index (χ4v) is 2.98. The minimum absolute atomic E-state index is 0.00669. The zero-order valence-corrected chi connectivity index (χ0v) is 17.7. The van der Waals surface area contributed by atoms with Crippen LogP contribution in [0.1, 0.15) is 44.9 Å². The molecular weight excluding hydrogens is 364 g/mol. The van der Waals surface area contributed by atoms with Gasteiger partial charge in [0, 0.05) is 7.05 Å². The molecule has 6 nitrogen and oxygen atoms in total. The number of amides is 1. The number of aromatic nitrogens is 3. The van der Waals surface area contributed by atoms with Crippen LogP contribution in [0.3, 0.4) is 0 Å². The van der Waals surface area contributed by atoms with E-state index in [4.69, 9.17) is 4.74 Å². The van der Waals surface area contributed by atoms with Crippen LogP contribution in [0.2, 0.25) is 0 Å². The Morgan fingerprint density at radius 1 is 1.10 bits per heavy atom. The summed E-state index contributed by atoms with van der Waals surface area (Å²) in [6, 6.07) is 15.8. The van der Waals surface area contributed by atoms with Crippen molar-refractivity contribution in [3.05, 3.63) is 72.3 Å². The predicted octanol–water partition coefficient (Wildman–Crippen LogP) is 4.16. The van der Waals surface area contributed by atoms with E-state index in [9.17, 15) is 4.79 Å². The molecular formula is C23H28N4O2. The third-order valence-electron chi connectivity index (χ3n) is 5.12. The largest absolute Gasteiger partial charge is 0.484 e. The molecule has 152 valence electrons. The summed E-state index contributed by atoms with van der Waals surface area (Å²) in [6.07, 6.45) is 3.15. The lowest BCUT2D eigenvalue weighted by Gasteiger charge is -2.25. The van der Waals surface area contributed by atoms with Crippen LogP contribution < -0.4 is 4.74 Å². The molecule has 1 aromatic heterocycles. The molecule has 0 saturated carbocycles. The highest BCUT2D eigenvalue weighted by Crippen LogP contribution is 2.25. The highest BCUT2D eigenvalue weighted by molar-refractivity contribution is 5.78. The number of hydrogen-bond donors (Lipinski definition) is 0. The molecule has 3 aromatic rings. The van der Waals surface area contributed by atoms with E-state index >= 15 is 0 Å². The van der Waals surface area contributed by atoms with Crippen LogP contribution in [0, 0.1) is 0 Å². The number of carbonyl (C=O) groups excluding carboxylic acids is 1. The Kier molecular flexibility index (Phi) is 6.01. The first kappa shape index (κ1) is 20.6. The third-order valence-corrected chi connectivity index (χ3v) is 5.12. The molecule has 1 atom stereocenters. The summed E-state index contributed by atoms with van der Waals surface area (Å²) in [5.74, 6) is 0.627. The monoisotopic (exact) mass is 392 g/mol. The van der Waals surface area contributed by atoms with Crippen LogP contribution in [-0.4, -0.2) is 39.2 Å². The standard InChI is InChI=1S/C23H28N4O2/c1-17(18-6-10-20(11-7-18)27-16-24-15-25-27)26(5)22(28)14-29-21-12-8-19(9-13-21)23(2,3)4/h6-13,15-17H,14H2,1-5H3/t17-/m0/s1. The maximum absolute atomic E-state index is 12.6. The zero-order valence-electron chi connectivity index (χ0n) is 17.7. The first-order valence-corrected chi connectivity index (χ1v) is 9.69. The summed E-state index contributed by atoms with van der Waals surface area (Å²) in [5.41, 5.74) is 3.29. The maximum Gasteiger partial charge on any atom is 0.260 e. The molecule has 0 N–H and O–H groups in total. The van der Waals surface area contributed by atoms with Gasteiger partial charge in [-0.05, 0) is 47.7 Å². The highest BCUT2D eigenvalue weighted by atomic mass is 16.5. The van der Waals surface area contributed by atoms with Gasteiger partial charge in [0.25, 0.3) is 5.91 Å². The number of rotatable bonds is 6. The van der Waals surface area contributed by atoms with Gasteiger partial charge < -0.3 is 9.64 Å². The summed E-state index contributed by atoms with van der Waals surface area (Å²) in [5, 5.41) is 4.12. The Labute approximate surface area is 172 Å². The highest BCUT2D eigenvalue weighted by Gasteiger charge is 2.18. The van der Waals surface area contributed by atoms with Crippen molar-refractivity contribution in [2.75, 3.05) is 13.7 Å². The van der Waals surface area contributed by atoms with Crippen molar-refractivity contribution >= 4 is 5.91 Å². The molecule has 1 heterocycles. The number of nitrogens with zero attached hydrogens (tertiary/aromatic N) is 4. The van der Waals surface area contributed by atoms with Crippen molar-refractivity contribution < 1.29 is 9.53 Å². The van der Waals surface area contributed by atoms with E-state index in [0.29, 0.717) is 5.75 Å². The van der Waals surface area contributed by atoms with Crippen molar-refractivity contribution in [1.29, 1.82) is 0 Å².